The summed E-state index contributed by atoms with van der Waals surface area (Å²) in [6.07, 6.45) is 2.05. The number of rotatable bonds is 2. The molecule has 0 bridgehead atoms. The van der Waals surface area contributed by atoms with Gasteiger partial charge in [0.05, 0.1) is 6.20 Å². The van der Waals surface area contributed by atoms with E-state index in [1.807, 2.05) is 0 Å². The molecule has 1 atom stereocenters. The molecule has 0 spiro atoms. The van der Waals surface area contributed by atoms with Crippen LogP contribution in [0.4, 0.5) is 5.82 Å². The van der Waals surface area contributed by atoms with E-state index in [9.17, 15) is 4.79 Å². The van der Waals surface area contributed by atoms with Crippen molar-refractivity contribution in [1.82, 2.24) is 9.97 Å². The molecule has 4 nitrogen and oxygen atoms in total. The van der Waals surface area contributed by atoms with E-state index in [4.69, 9.17) is 11.6 Å². The van der Waals surface area contributed by atoms with E-state index in [0.717, 1.165) is 0 Å². The standard InChI is InChI=1S/C9H9BrClN3OS/c10-8-9(11)13-6(2-12-8)14-3-5(4-16)1-7(14)15/h2,5,16H,1,3-4H2. The van der Waals surface area contributed by atoms with Gasteiger partial charge in [-0.1, -0.05) is 11.6 Å². The number of anilines is 1. The zero-order chi connectivity index (χ0) is 11.7. The van der Waals surface area contributed by atoms with Crippen molar-refractivity contribution < 1.29 is 4.79 Å². The molecule has 2 rings (SSSR count). The van der Waals surface area contributed by atoms with Crippen LogP contribution in [0.1, 0.15) is 6.42 Å². The molecule has 1 fully saturated rings. The highest BCUT2D eigenvalue weighted by Crippen LogP contribution is 2.26. The molecule has 1 amide bonds. The lowest BCUT2D eigenvalue weighted by Gasteiger charge is -2.14. The van der Waals surface area contributed by atoms with Crippen molar-refractivity contribution in [2.24, 2.45) is 5.92 Å². The van der Waals surface area contributed by atoms with Crippen LogP contribution in [0.3, 0.4) is 0 Å². The van der Waals surface area contributed by atoms with Gasteiger partial charge in [0, 0.05) is 13.0 Å². The molecule has 1 aromatic rings. The maximum atomic E-state index is 11.7. The van der Waals surface area contributed by atoms with E-state index in [0.29, 0.717) is 29.1 Å². The quantitative estimate of drug-likeness (QED) is 0.849. The molecule has 1 aliphatic rings. The second-order valence-corrected chi connectivity index (χ2v) is 5.04. The summed E-state index contributed by atoms with van der Waals surface area (Å²) in [7, 11) is 0. The van der Waals surface area contributed by atoms with Crippen molar-refractivity contribution in [3.05, 3.63) is 16.0 Å². The third kappa shape index (κ3) is 2.33. The predicted octanol–water partition coefficient (Wildman–Crippen LogP) is 2.18. The van der Waals surface area contributed by atoms with Gasteiger partial charge in [0.15, 0.2) is 11.0 Å². The Morgan fingerprint density at radius 1 is 1.69 bits per heavy atom. The fraction of sp³-hybridized carbons (Fsp3) is 0.444. The maximum absolute atomic E-state index is 11.7. The first-order valence-electron chi connectivity index (χ1n) is 4.71. The fourth-order valence-electron chi connectivity index (χ4n) is 1.60. The minimum Gasteiger partial charge on any atom is -0.295 e. The van der Waals surface area contributed by atoms with Gasteiger partial charge in [-0.3, -0.25) is 9.69 Å². The van der Waals surface area contributed by atoms with Gasteiger partial charge < -0.3 is 0 Å². The summed E-state index contributed by atoms with van der Waals surface area (Å²) in [6.45, 7) is 0.634. The lowest BCUT2D eigenvalue weighted by atomic mass is 10.1. The summed E-state index contributed by atoms with van der Waals surface area (Å²) in [4.78, 5) is 21.4. The first-order valence-corrected chi connectivity index (χ1v) is 6.51. The Morgan fingerprint density at radius 2 is 2.44 bits per heavy atom. The van der Waals surface area contributed by atoms with Crippen LogP contribution in [-0.2, 0) is 4.79 Å². The fourth-order valence-corrected chi connectivity index (χ4v) is 2.17. The molecule has 86 valence electrons. The van der Waals surface area contributed by atoms with Crippen LogP contribution in [0.2, 0.25) is 5.15 Å². The van der Waals surface area contributed by atoms with E-state index in [1.165, 1.54) is 6.20 Å². The Bertz CT molecular complexity index is 431. The minimum absolute atomic E-state index is 0.0479. The number of thiol groups is 1. The van der Waals surface area contributed by atoms with Gasteiger partial charge in [-0.25, -0.2) is 9.97 Å². The van der Waals surface area contributed by atoms with Crippen LogP contribution < -0.4 is 4.90 Å². The Balaban J connectivity index is 2.24. The van der Waals surface area contributed by atoms with Crippen molar-refractivity contribution in [3.8, 4) is 0 Å². The SMILES string of the molecule is O=C1CC(CS)CN1c1cnc(Br)c(Cl)n1. The van der Waals surface area contributed by atoms with Gasteiger partial charge in [-0.05, 0) is 27.6 Å². The zero-order valence-corrected chi connectivity index (χ0v) is 11.5. The largest absolute Gasteiger partial charge is 0.295 e. The molecule has 1 aromatic heterocycles. The van der Waals surface area contributed by atoms with Crippen molar-refractivity contribution in [2.75, 3.05) is 17.2 Å². The first-order chi connectivity index (χ1) is 7.61. The van der Waals surface area contributed by atoms with Gasteiger partial charge >= 0.3 is 0 Å². The zero-order valence-electron chi connectivity index (χ0n) is 8.23. The molecule has 1 aliphatic heterocycles. The summed E-state index contributed by atoms with van der Waals surface area (Å²) < 4.78 is 0.482. The van der Waals surface area contributed by atoms with Crippen LogP contribution in [0.25, 0.3) is 0 Å². The molecular weight excluding hydrogens is 314 g/mol. The molecule has 0 aromatic carbocycles. The molecule has 0 aliphatic carbocycles. The number of hydrogen-bond donors (Lipinski definition) is 1. The predicted molar refractivity (Wildman–Crippen MR) is 69.1 cm³/mol. The summed E-state index contributed by atoms with van der Waals surface area (Å²) in [5.74, 6) is 1.52. The Hall–Kier alpha value is -0.330. The summed E-state index contributed by atoms with van der Waals surface area (Å²) >= 11 is 13.2. The molecule has 1 saturated heterocycles. The van der Waals surface area contributed by atoms with Crippen molar-refractivity contribution in [3.63, 3.8) is 0 Å². The third-order valence-electron chi connectivity index (χ3n) is 2.42. The van der Waals surface area contributed by atoms with E-state index >= 15 is 0 Å². The summed E-state index contributed by atoms with van der Waals surface area (Å²) in [5, 5.41) is 0.264. The maximum Gasteiger partial charge on any atom is 0.228 e. The number of nitrogens with zero attached hydrogens (tertiary/aromatic N) is 3. The molecule has 16 heavy (non-hydrogen) atoms. The van der Waals surface area contributed by atoms with Gasteiger partial charge in [0.1, 0.15) is 4.60 Å². The average molecular weight is 323 g/mol. The van der Waals surface area contributed by atoms with Crippen molar-refractivity contribution >= 4 is 51.9 Å². The van der Waals surface area contributed by atoms with E-state index in [-0.39, 0.29) is 17.0 Å². The highest BCUT2D eigenvalue weighted by atomic mass is 79.9. The van der Waals surface area contributed by atoms with Gasteiger partial charge in [0.2, 0.25) is 5.91 Å². The summed E-state index contributed by atoms with van der Waals surface area (Å²) in [6, 6.07) is 0. The Kier molecular flexibility index (Phi) is 3.71. The molecule has 1 unspecified atom stereocenters. The van der Waals surface area contributed by atoms with E-state index in [1.54, 1.807) is 4.90 Å². The Morgan fingerprint density at radius 3 is 3.00 bits per heavy atom. The Labute approximate surface area is 112 Å². The molecule has 0 radical (unpaired) electrons. The van der Waals surface area contributed by atoms with E-state index < -0.39 is 0 Å². The highest BCUT2D eigenvalue weighted by Gasteiger charge is 2.30. The molecule has 0 saturated carbocycles. The van der Waals surface area contributed by atoms with Gasteiger partial charge in [-0.15, -0.1) is 0 Å². The lowest BCUT2D eigenvalue weighted by molar-refractivity contribution is -0.117. The number of carbonyl (C=O) groups excluding carboxylic acids is 1. The first kappa shape index (κ1) is 12.1. The molecule has 0 N–H and O–H groups in total. The number of carbonyl (C=O) groups is 1. The number of amides is 1. The average Bonchev–Trinajstić information content (AvgIpc) is 2.64. The van der Waals surface area contributed by atoms with Gasteiger partial charge in [0.25, 0.3) is 0 Å². The number of hydrogen-bond acceptors (Lipinski definition) is 4. The molecular formula is C9H9BrClN3OS. The highest BCUT2D eigenvalue weighted by molar-refractivity contribution is 9.10. The van der Waals surface area contributed by atoms with E-state index in [2.05, 4.69) is 38.5 Å². The van der Waals surface area contributed by atoms with Crippen LogP contribution in [0.5, 0.6) is 0 Å². The third-order valence-corrected chi connectivity index (χ3v) is 4.00. The monoisotopic (exact) mass is 321 g/mol. The van der Waals surface area contributed by atoms with Crippen molar-refractivity contribution in [1.29, 1.82) is 0 Å². The second-order valence-electron chi connectivity index (χ2n) is 3.57. The molecule has 7 heteroatoms. The smallest absolute Gasteiger partial charge is 0.228 e. The van der Waals surface area contributed by atoms with Crippen LogP contribution in [0.15, 0.2) is 10.8 Å². The van der Waals surface area contributed by atoms with Crippen LogP contribution in [0, 0.1) is 5.92 Å². The normalized spacial score (nSPS) is 20.6. The minimum atomic E-state index is 0.0479. The number of halogens is 2. The summed E-state index contributed by atoms with van der Waals surface area (Å²) in [5.41, 5.74) is 0. The van der Waals surface area contributed by atoms with Crippen molar-refractivity contribution in [2.45, 2.75) is 6.42 Å². The lowest BCUT2D eigenvalue weighted by Crippen LogP contribution is -2.25. The second kappa shape index (κ2) is 4.89. The van der Waals surface area contributed by atoms with Crippen LogP contribution >= 0.6 is 40.2 Å². The van der Waals surface area contributed by atoms with Gasteiger partial charge in [-0.2, -0.15) is 12.6 Å². The number of aromatic nitrogens is 2. The topological polar surface area (TPSA) is 46.1 Å². The van der Waals surface area contributed by atoms with Crippen LogP contribution in [-0.4, -0.2) is 28.2 Å². The molecule has 2 heterocycles.